The van der Waals surface area contributed by atoms with E-state index in [1.165, 1.54) is 13.3 Å². The van der Waals surface area contributed by atoms with E-state index in [1.54, 1.807) is 6.92 Å². The minimum atomic E-state index is -4.01. The molecule has 7 heteroatoms. The fraction of sp³-hybridized carbons (Fsp3) is 0.800. The Morgan fingerprint density at radius 1 is 1.41 bits per heavy atom. The second kappa shape index (κ2) is 7.17. The minimum absolute atomic E-state index is 0.303. The van der Waals surface area contributed by atoms with E-state index in [0.717, 1.165) is 0 Å². The van der Waals surface area contributed by atoms with Gasteiger partial charge in [-0.1, -0.05) is 5.92 Å². The number of hydrogen-bond donors (Lipinski definition) is 1. The molecule has 0 spiro atoms. The lowest BCUT2D eigenvalue weighted by molar-refractivity contribution is 0.305. The zero-order valence-electron chi connectivity index (χ0n) is 10.3. The van der Waals surface area contributed by atoms with E-state index in [1.807, 2.05) is 0 Å². The van der Waals surface area contributed by atoms with Crippen molar-refractivity contribution in [3.8, 4) is 11.8 Å². The molecule has 0 aromatic heterocycles. The fourth-order valence-corrected chi connectivity index (χ4v) is 2.60. The lowest BCUT2D eigenvalue weighted by Crippen LogP contribution is -2.14. The highest BCUT2D eigenvalue weighted by Gasteiger charge is 2.15. The van der Waals surface area contributed by atoms with Gasteiger partial charge in [-0.2, -0.15) is 8.42 Å². The molecule has 0 aliphatic rings. The van der Waals surface area contributed by atoms with Crippen LogP contribution in [0, 0.1) is 17.8 Å². The maximum Gasteiger partial charge on any atom is 0.266 e. The van der Waals surface area contributed by atoms with Gasteiger partial charge in [0, 0.05) is 19.2 Å². The summed E-state index contributed by atoms with van der Waals surface area (Å²) in [4.78, 5) is 0. The Bertz CT molecular complexity index is 425. The first kappa shape index (κ1) is 16.7. The van der Waals surface area contributed by atoms with Crippen LogP contribution in [-0.2, 0) is 19.2 Å². The zero-order chi connectivity index (χ0) is 13.5. The molecular formula is C10H19O5PS. The molecule has 1 N–H and O–H groups in total. The molecule has 0 radical (unpaired) electrons. The molecule has 0 aromatic rings. The number of rotatable bonds is 7. The SMILES string of the molecule is CC#CC(CCCOP(C)(C)=O)CS(=O)(=O)O. The van der Waals surface area contributed by atoms with Gasteiger partial charge in [-0.3, -0.25) is 9.12 Å². The van der Waals surface area contributed by atoms with Crippen LogP contribution in [0.5, 0.6) is 0 Å². The van der Waals surface area contributed by atoms with E-state index in [0.29, 0.717) is 19.4 Å². The second-order valence-electron chi connectivity index (χ2n) is 4.07. The smallest absolute Gasteiger partial charge is 0.266 e. The monoisotopic (exact) mass is 282 g/mol. The topological polar surface area (TPSA) is 80.7 Å². The molecule has 0 aromatic carbocycles. The summed E-state index contributed by atoms with van der Waals surface area (Å²) in [6.45, 7) is 4.96. The lowest BCUT2D eigenvalue weighted by atomic mass is 10.1. The molecule has 1 atom stereocenters. The van der Waals surface area contributed by atoms with Crippen LogP contribution in [0.15, 0.2) is 0 Å². The molecule has 17 heavy (non-hydrogen) atoms. The van der Waals surface area contributed by atoms with E-state index in [9.17, 15) is 13.0 Å². The van der Waals surface area contributed by atoms with Gasteiger partial charge in [0.1, 0.15) is 0 Å². The van der Waals surface area contributed by atoms with Crippen LogP contribution in [0.2, 0.25) is 0 Å². The molecule has 0 aliphatic heterocycles. The quantitative estimate of drug-likeness (QED) is 0.333. The maximum atomic E-state index is 11.2. The van der Waals surface area contributed by atoms with Crippen molar-refractivity contribution in [3.05, 3.63) is 0 Å². The summed E-state index contributed by atoms with van der Waals surface area (Å²) in [5.41, 5.74) is 0. The van der Waals surface area contributed by atoms with Gasteiger partial charge in [0.15, 0.2) is 7.37 Å². The Balaban J connectivity index is 4.11. The first-order valence-corrected chi connectivity index (χ1v) is 9.34. The summed E-state index contributed by atoms with van der Waals surface area (Å²) < 4.78 is 46.5. The molecule has 0 aliphatic carbocycles. The highest BCUT2D eigenvalue weighted by atomic mass is 32.2. The van der Waals surface area contributed by atoms with Gasteiger partial charge in [-0.15, -0.1) is 5.92 Å². The van der Waals surface area contributed by atoms with Gasteiger partial charge in [0.2, 0.25) is 0 Å². The Hall–Kier alpha value is -0.340. The predicted molar refractivity (Wildman–Crippen MR) is 68.0 cm³/mol. The first-order chi connectivity index (χ1) is 7.64. The highest BCUT2D eigenvalue weighted by Crippen LogP contribution is 2.37. The summed E-state index contributed by atoms with van der Waals surface area (Å²) in [5.74, 6) is 4.57. The van der Waals surface area contributed by atoms with Gasteiger partial charge in [-0.05, 0) is 19.8 Å². The van der Waals surface area contributed by atoms with Crippen molar-refractivity contribution in [2.45, 2.75) is 19.8 Å². The standard InChI is InChI=1S/C10H19O5PS/c1-4-6-10(9-17(12,13)14)7-5-8-15-16(2,3)11/h10H,5,7-9H2,1-3H3,(H,12,13,14). The van der Waals surface area contributed by atoms with Gasteiger partial charge < -0.3 is 4.52 Å². The Labute approximate surface area is 103 Å². The van der Waals surface area contributed by atoms with Crippen molar-refractivity contribution in [2.75, 3.05) is 25.7 Å². The van der Waals surface area contributed by atoms with Gasteiger partial charge >= 0.3 is 0 Å². The van der Waals surface area contributed by atoms with Crippen LogP contribution in [0.4, 0.5) is 0 Å². The van der Waals surface area contributed by atoms with Crippen LogP contribution < -0.4 is 0 Å². The Morgan fingerprint density at radius 2 is 2.00 bits per heavy atom. The summed E-state index contributed by atoms with van der Waals surface area (Å²) in [6, 6.07) is 0. The summed E-state index contributed by atoms with van der Waals surface area (Å²) in [5, 5.41) is 0. The van der Waals surface area contributed by atoms with Gasteiger partial charge in [-0.25, -0.2) is 0 Å². The van der Waals surface area contributed by atoms with E-state index < -0.39 is 23.4 Å². The third-order valence-corrected chi connectivity index (χ3v) is 3.49. The van der Waals surface area contributed by atoms with Crippen molar-refractivity contribution in [1.29, 1.82) is 0 Å². The van der Waals surface area contributed by atoms with Crippen molar-refractivity contribution < 1.29 is 22.1 Å². The zero-order valence-corrected chi connectivity index (χ0v) is 12.1. The summed E-state index contributed by atoms with van der Waals surface area (Å²) in [6.07, 6.45) is 1.04. The molecule has 5 nitrogen and oxygen atoms in total. The molecule has 100 valence electrons. The summed E-state index contributed by atoms with van der Waals surface area (Å²) >= 11 is 0. The second-order valence-corrected chi connectivity index (χ2v) is 8.33. The van der Waals surface area contributed by atoms with Crippen LogP contribution in [0.1, 0.15) is 19.8 Å². The van der Waals surface area contributed by atoms with Gasteiger partial charge in [0.25, 0.3) is 10.1 Å². The molecule has 0 saturated heterocycles. The Morgan fingerprint density at radius 3 is 2.41 bits per heavy atom. The molecule has 0 rings (SSSR count). The third-order valence-electron chi connectivity index (χ3n) is 1.86. The molecule has 0 heterocycles. The number of hydrogen-bond acceptors (Lipinski definition) is 4. The average molecular weight is 282 g/mol. The maximum absolute atomic E-state index is 11.2. The molecule has 0 fully saturated rings. The first-order valence-electron chi connectivity index (χ1n) is 5.21. The van der Waals surface area contributed by atoms with E-state index in [-0.39, 0.29) is 5.75 Å². The molecule has 0 saturated carbocycles. The predicted octanol–water partition coefficient (Wildman–Crippen LogP) is 1.85. The van der Waals surface area contributed by atoms with Crippen molar-refractivity contribution in [2.24, 2.45) is 5.92 Å². The fourth-order valence-electron chi connectivity index (χ4n) is 1.27. The van der Waals surface area contributed by atoms with E-state index >= 15 is 0 Å². The van der Waals surface area contributed by atoms with Crippen molar-refractivity contribution in [1.82, 2.24) is 0 Å². The van der Waals surface area contributed by atoms with Crippen molar-refractivity contribution >= 4 is 17.5 Å². The van der Waals surface area contributed by atoms with E-state index in [2.05, 4.69) is 11.8 Å². The third kappa shape index (κ3) is 11.9. The summed E-state index contributed by atoms with van der Waals surface area (Å²) in [7, 11) is -6.49. The molecule has 1 unspecified atom stereocenters. The molecule has 0 bridgehead atoms. The Kier molecular flexibility index (Phi) is 7.03. The minimum Gasteiger partial charge on any atom is -0.329 e. The van der Waals surface area contributed by atoms with Crippen LogP contribution in [0.25, 0.3) is 0 Å². The largest absolute Gasteiger partial charge is 0.329 e. The normalized spacial score (nSPS) is 13.9. The molecular weight excluding hydrogens is 263 g/mol. The van der Waals surface area contributed by atoms with Gasteiger partial charge in [0.05, 0.1) is 12.4 Å². The van der Waals surface area contributed by atoms with Crippen LogP contribution in [0.3, 0.4) is 0 Å². The van der Waals surface area contributed by atoms with Crippen LogP contribution >= 0.6 is 7.37 Å². The molecule has 0 amide bonds. The average Bonchev–Trinajstić information content (AvgIpc) is 2.08. The lowest BCUT2D eigenvalue weighted by Gasteiger charge is -2.11. The highest BCUT2D eigenvalue weighted by molar-refractivity contribution is 7.85. The van der Waals surface area contributed by atoms with E-state index in [4.69, 9.17) is 9.08 Å². The van der Waals surface area contributed by atoms with Crippen molar-refractivity contribution in [3.63, 3.8) is 0 Å². The van der Waals surface area contributed by atoms with Crippen LogP contribution in [-0.4, -0.2) is 38.7 Å².